The van der Waals surface area contributed by atoms with Gasteiger partial charge in [-0.3, -0.25) is 4.98 Å². The number of benzene rings is 2. The highest BCUT2D eigenvalue weighted by atomic mass is 32.1. The van der Waals surface area contributed by atoms with E-state index < -0.39 is 0 Å². The number of nitrogens with zero attached hydrogens (tertiary/aromatic N) is 3. The number of pyridine rings is 2. The SMILES string of the molecule is c1cc(Nc2ccc3scnc3c2)c2cc(-c3ccc(OC4CCOCC4)nc3)ccc2n1. The molecule has 0 amide bonds. The Kier molecular flexibility index (Phi) is 5.34. The molecule has 0 bridgehead atoms. The molecule has 164 valence electrons. The van der Waals surface area contributed by atoms with Crippen molar-refractivity contribution in [2.45, 2.75) is 18.9 Å². The Morgan fingerprint density at radius 3 is 2.67 bits per heavy atom. The molecular weight excluding hydrogens is 432 g/mol. The molecule has 1 saturated heterocycles. The molecule has 1 fully saturated rings. The van der Waals surface area contributed by atoms with Crippen LogP contribution < -0.4 is 10.1 Å². The van der Waals surface area contributed by atoms with Crippen LogP contribution >= 0.6 is 11.3 Å². The van der Waals surface area contributed by atoms with Gasteiger partial charge in [0.15, 0.2) is 0 Å². The third kappa shape index (κ3) is 4.25. The number of hydrogen-bond acceptors (Lipinski definition) is 7. The van der Waals surface area contributed by atoms with Gasteiger partial charge in [0.2, 0.25) is 5.88 Å². The molecule has 0 aliphatic carbocycles. The van der Waals surface area contributed by atoms with E-state index in [-0.39, 0.29) is 6.10 Å². The number of aromatic nitrogens is 3. The van der Waals surface area contributed by atoms with Crippen molar-refractivity contribution < 1.29 is 9.47 Å². The molecular formula is C26H22N4O2S. The second-order valence-electron chi connectivity index (χ2n) is 8.06. The third-order valence-electron chi connectivity index (χ3n) is 5.88. The molecule has 6 rings (SSSR count). The molecule has 1 N–H and O–H groups in total. The first kappa shape index (κ1) is 20.1. The van der Waals surface area contributed by atoms with Crippen LogP contribution in [0.2, 0.25) is 0 Å². The van der Waals surface area contributed by atoms with Gasteiger partial charge in [-0.05, 0) is 48.0 Å². The van der Waals surface area contributed by atoms with Gasteiger partial charge < -0.3 is 14.8 Å². The maximum Gasteiger partial charge on any atom is 0.213 e. The lowest BCUT2D eigenvalue weighted by Crippen LogP contribution is -2.26. The molecule has 2 aromatic carbocycles. The Hall–Kier alpha value is -3.55. The summed E-state index contributed by atoms with van der Waals surface area (Å²) in [7, 11) is 0. The zero-order valence-corrected chi connectivity index (χ0v) is 18.7. The summed E-state index contributed by atoms with van der Waals surface area (Å²) in [4.78, 5) is 13.5. The zero-order valence-electron chi connectivity index (χ0n) is 17.9. The van der Waals surface area contributed by atoms with Gasteiger partial charge in [0.25, 0.3) is 0 Å². The van der Waals surface area contributed by atoms with Crippen molar-refractivity contribution in [2.24, 2.45) is 0 Å². The first-order valence-electron chi connectivity index (χ1n) is 11.0. The lowest BCUT2D eigenvalue weighted by atomic mass is 10.0. The summed E-state index contributed by atoms with van der Waals surface area (Å²) in [6.07, 6.45) is 5.70. The fourth-order valence-electron chi connectivity index (χ4n) is 4.11. The molecule has 0 atom stereocenters. The van der Waals surface area contributed by atoms with E-state index >= 15 is 0 Å². The molecule has 0 saturated carbocycles. The Morgan fingerprint density at radius 1 is 0.879 bits per heavy atom. The third-order valence-corrected chi connectivity index (χ3v) is 6.69. The van der Waals surface area contributed by atoms with Crippen molar-refractivity contribution >= 4 is 43.8 Å². The predicted octanol–water partition coefficient (Wildman–Crippen LogP) is 6.21. The van der Waals surface area contributed by atoms with Gasteiger partial charge in [-0.25, -0.2) is 9.97 Å². The molecule has 1 aliphatic rings. The number of thiazole rings is 1. The highest BCUT2D eigenvalue weighted by Crippen LogP contribution is 2.31. The molecule has 3 aromatic heterocycles. The quantitative estimate of drug-likeness (QED) is 0.341. The predicted molar refractivity (Wildman–Crippen MR) is 132 cm³/mol. The molecule has 6 nitrogen and oxygen atoms in total. The van der Waals surface area contributed by atoms with Crippen molar-refractivity contribution in [3.05, 3.63) is 72.5 Å². The Balaban J connectivity index is 1.28. The van der Waals surface area contributed by atoms with Crippen LogP contribution in [0.4, 0.5) is 11.4 Å². The first-order chi connectivity index (χ1) is 16.3. The summed E-state index contributed by atoms with van der Waals surface area (Å²) in [6, 6.07) is 18.5. The van der Waals surface area contributed by atoms with Gasteiger partial charge in [-0.1, -0.05) is 6.07 Å². The van der Waals surface area contributed by atoms with Crippen molar-refractivity contribution in [3.8, 4) is 17.0 Å². The maximum absolute atomic E-state index is 6.01. The van der Waals surface area contributed by atoms with Gasteiger partial charge in [-0.15, -0.1) is 11.3 Å². The fourth-order valence-corrected chi connectivity index (χ4v) is 4.77. The number of nitrogens with one attached hydrogen (secondary N) is 1. The normalized spacial score (nSPS) is 14.5. The second-order valence-corrected chi connectivity index (χ2v) is 8.95. The molecule has 33 heavy (non-hydrogen) atoms. The molecule has 1 aliphatic heterocycles. The van der Waals surface area contributed by atoms with Crippen LogP contribution in [0.1, 0.15) is 12.8 Å². The van der Waals surface area contributed by atoms with Crippen molar-refractivity contribution in [1.29, 1.82) is 0 Å². The van der Waals surface area contributed by atoms with Gasteiger partial charge in [0.1, 0.15) is 6.10 Å². The van der Waals surface area contributed by atoms with E-state index in [1.807, 2.05) is 36.1 Å². The van der Waals surface area contributed by atoms with E-state index in [1.165, 1.54) is 4.70 Å². The summed E-state index contributed by atoms with van der Waals surface area (Å²) >= 11 is 1.65. The molecule has 0 unspecified atom stereocenters. The number of fused-ring (bicyclic) bond motifs is 2. The van der Waals surface area contributed by atoms with E-state index in [1.54, 1.807) is 11.3 Å². The van der Waals surface area contributed by atoms with Crippen LogP contribution in [0.5, 0.6) is 5.88 Å². The standard InChI is InChI=1S/C26H22N4O2S/c1-4-22-21(23(7-10-27-22)30-19-3-5-25-24(14-19)29-16-33-25)13-17(1)18-2-6-26(28-15-18)32-20-8-11-31-12-9-20/h1-7,10,13-16,20H,8-9,11-12H2,(H,27,30). The van der Waals surface area contributed by atoms with E-state index in [4.69, 9.17) is 9.47 Å². The van der Waals surface area contributed by atoms with Gasteiger partial charge in [-0.2, -0.15) is 0 Å². The van der Waals surface area contributed by atoms with Crippen molar-refractivity contribution in [1.82, 2.24) is 15.0 Å². The van der Waals surface area contributed by atoms with Crippen LogP contribution in [-0.4, -0.2) is 34.3 Å². The molecule has 0 spiro atoms. The van der Waals surface area contributed by atoms with Crippen LogP contribution in [0.3, 0.4) is 0 Å². The topological polar surface area (TPSA) is 69.2 Å². The first-order valence-corrected chi connectivity index (χ1v) is 11.9. The summed E-state index contributed by atoms with van der Waals surface area (Å²) in [6.45, 7) is 1.50. The van der Waals surface area contributed by atoms with E-state index in [0.717, 1.165) is 65.0 Å². The average Bonchev–Trinajstić information content (AvgIpc) is 3.33. The van der Waals surface area contributed by atoms with E-state index in [2.05, 4.69) is 56.7 Å². The number of hydrogen-bond donors (Lipinski definition) is 1. The summed E-state index contributed by atoms with van der Waals surface area (Å²) < 4.78 is 12.6. The van der Waals surface area contributed by atoms with Crippen LogP contribution in [0.15, 0.2) is 72.5 Å². The van der Waals surface area contributed by atoms with Crippen LogP contribution in [0.25, 0.3) is 32.2 Å². The van der Waals surface area contributed by atoms with Crippen molar-refractivity contribution in [2.75, 3.05) is 18.5 Å². The smallest absolute Gasteiger partial charge is 0.213 e. The second kappa shape index (κ2) is 8.77. The van der Waals surface area contributed by atoms with Gasteiger partial charge >= 0.3 is 0 Å². The summed E-state index contributed by atoms with van der Waals surface area (Å²) in [5, 5.41) is 4.59. The van der Waals surface area contributed by atoms with Crippen molar-refractivity contribution in [3.63, 3.8) is 0 Å². The molecule has 4 heterocycles. The number of rotatable bonds is 5. The minimum absolute atomic E-state index is 0.181. The highest BCUT2D eigenvalue weighted by Gasteiger charge is 2.16. The zero-order chi connectivity index (χ0) is 22.0. The average molecular weight is 455 g/mol. The number of ether oxygens (including phenoxy) is 2. The Morgan fingerprint density at radius 2 is 1.79 bits per heavy atom. The van der Waals surface area contributed by atoms with Gasteiger partial charge in [0, 0.05) is 53.6 Å². The largest absolute Gasteiger partial charge is 0.474 e. The summed E-state index contributed by atoms with van der Waals surface area (Å²) in [5.41, 5.74) is 7.93. The molecule has 7 heteroatoms. The molecule has 0 radical (unpaired) electrons. The van der Waals surface area contributed by atoms with E-state index in [0.29, 0.717) is 5.88 Å². The van der Waals surface area contributed by atoms with Crippen LogP contribution in [-0.2, 0) is 4.74 Å². The van der Waals surface area contributed by atoms with Crippen LogP contribution in [0, 0.1) is 0 Å². The molecule has 5 aromatic rings. The fraction of sp³-hybridized carbons (Fsp3) is 0.192. The Labute approximate surface area is 195 Å². The lowest BCUT2D eigenvalue weighted by Gasteiger charge is -2.22. The van der Waals surface area contributed by atoms with E-state index in [9.17, 15) is 0 Å². The minimum atomic E-state index is 0.181. The minimum Gasteiger partial charge on any atom is -0.474 e. The number of anilines is 2. The maximum atomic E-state index is 6.01. The highest BCUT2D eigenvalue weighted by molar-refractivity contribution is 7.16. The Bertz CT molecular complexity index is 1410. The van der Waals surface area contributed by atoms with Gasteiger partial charge in [0.05, 0.1) is 34.5 Å². The summed E-state index contributed by atoms with van der Waals surface area (Å²) in [5.74, 6) is 0.660. The monoisotopic (exact) mass is 454 g/mol. The lowest BCUT2D eigenvalue weighted by molar-refractivity contribution is 0.0237.